The Morgan fingerprint density at radius 1 is 1.43 bits per heavy atom. The van der Waals surface area contributed by atoms with Gasteiger partial charge in [-0.25, -0.2) is 8.78 Å². The third-order valence-electron chi connectivity index (χ3n) is 2.82. The average molecular weight is 296 g/mol. The molecule has 0 spiro atoms. The fourth-order valence-electron chi connectivity index (χ4n) is 1.78. The largest absolute Gasteiger partial charge is 0.391 e. The Morgan fingerprint density at radius 3 is 2.81 bits per heavy atom. The molecule has 1 aromatic heterocycles. The highest BCUT2D eigenvalue weighted by molar-refractivity contribution is 5.91. The van der Waals surface area contributed by atoms with Gasteiger partial charge >= 0.3 is 0 Å². The van der Waals surface area contributed by atoms with Gasteiger partial charge in [0.15, 0.2) is 0 Å². The molecule has 1 atom stereocenters. The van der Waals surface area contributed by atoms with Gasteiger partial charge in [0.25, 0.3) is 5.91 Å². The number of aliphatic hydroxyl groups excluding tert-OH is 1. The van der Waals surface area contributed by atoms with E-state index in [9.17, 15) is 18.7 Å². The Morgan fingerprint density at radius 2 is 2.19 bits per heavy atom. The van der Waals surface area contributed by atoms with Gasteiger partial charge in [-0.3, -0.25) is 4.79 Å². The van der Waals surface area contributed by atoms with Gasteiger partial charge in [0.2, 0.25) is 5.76 Å². The first-order valence-electron chi connectivity index (χ1n) is 6.29. The number of aliphatic hydroxyl groups is 1. The molecule has 1 heterocycles. The van der Waals surface area contributed by atoms with E-state index < -0.39 is 23.6 Å². The van der Waals surface area contributed by atoms with Gasteiger partial charge in [-0.1, -0.05) is 11.2 Å². The van der Waals surface area contributed by atoms with Crippen LogP contribution in [0.4, 0.5) is 8.78 Å². The molecule has 7 heteroatoms. The maximum Gasteiger partial charge on any atom is 0.289 e. The lowest BCUT2D eigenvalue weighted by atomic mass is 10.1. The summed E-state index contributed by atoms with van der Waals surface area (Å²) in [6.45, 7) is 1.59. The van der Waals surface area contributed by atoms with E-state index in [1.54, 1.807) is 6.92 Å². The van der Waals surface area contributed by atoms with Crippen molar-refractivity contribution in [1.29, 1.82) is 0 Å². The summed E-state index contributed by atoms with van der Waals surface area (Å²) in [5.41, 5.74) is 0.739. The molecule has 0 aliphatic rings. The number of nitrogens with one attached hydrogen (secondary N) is 1. The molecule has 2 rings (SSSR count). The van der Waals surface area contributed by atoms with Crippen molar-refractivity contribution in [3.8, 4) is 0 Å². The van der Waals surface area contributed by atoms with Crippen LogP contribution in [0.25, 0.3) is 0 Å². The lowest BCUT2D eigenvalue weighted by molar-refractivity contribution is 0.0879. The quantitative estimate of drug-likeness (QED) is 0.878. The van der Waals surface area contributed by atoms with E-state index >= 15 is 0 Å². The number of hydrogen-bond acceptors (Lipinski definition) is 4. The topological polar surface area (TPSA) is 75.4 Å². The molecule has 0 saturated heterocycles. The van der Waals surface area contributed by atoms with Gasteiger partial charge in [-0.05, 0) is 18.6 Å². The highest BCUT2D eigenvalue weighted by Crippen LogP contribution is 2.11. The second-order valence-electron chi connectivity index (χ2n) is 4.64. The third-order valence-corrected chi connectivity index (χ3v) is 2.82. The minimum Gasteiger partial charge on any atom is -0.391 e. The van der Waals surface area contributed by atoms with Crippen molar-refractivity contribution in [2.75, 3.05) is 6.54 Å². The van der Waals surface area contributed by atoms with Crippen LogP contribution in [0.3, 0.4) is 0 Å². The van der Waals surface area contributed by atoms with Crippen molar-refractivity contribution < 1.29 is 23.2 Å². The first-order valence-corrected chi connectivity index (χ1v) is 6.29. The number of carbonyl (C=O) groups is 1. The molecule has 2 aromatic rings. The van der Waals surface area contributed by atoms with Crippen molar-refractivity contribution in [2.24, 2.45) is 0 Å². The van der Waals surface area contributed by atoms with Crippen molar-refractivity contribution in [2.45, 2.75) is 19.4 Å². The zero-order chi connectivity index (χ0) is 15.4. The molecule has 5 nitrogen and oxygen atoms in total. The predicted octanol–water partition coefficient (Wildman–Crippen LogP) is 1.59. The smallest absolute Gasteiger partial charge is 0.289 e. The molecule has 1 amide bonds. The summed E-state index contributed by atoms with van der Waals surface area (Å²) in [7, 11) is 0. The number of aryl methyl sites for hydroxylation is 1. The molecule has 0 radical (unpaired) electrons. The summed E-state index contributed by atoms with van der Waals surface area (Å²) in [6.07, 6.45) is -1.04. The van der Waals surface area contributed by atoms with Crippen LogP contribution in [0.5, 0.6) is 0 Å². The number of halogens is 2. The molecule has 0 saturated carbocycles. The predicted molar refractivity (Wildman–Crippen MR) is 69.6 cm³/mol. The fourth-order valence-corrected chi connectivity index (χ4v) is 1.78. The van der Waals surface area contributed by atoms with Gasteiger partial charge in [-0.15, -0.1) is 0 Å². The van der Waals surface area contributed by atoms with Crippen LogP contribution in [0, 0.1) is 18.6 Å². The monoisotopic (exact) mass is 296 g/mol. The lowest BCUT2D eigenvalue weighted by Crippen LogP contribution is -2.33. The standard InChI is InChI=1S/C14H14F2N2O3/c1-8-4-13(21-18-8)14(20)17-7-11(19)5-9-2-3-10(15)6-12(9)16/h2-4,6,11,19H,5,7H2,1H3,(H,17,20)/t11-/m0/s1. The van der Waals surface area contributed by atoms with E-state index in [-0.39, 0.29) is 24.3 Å². The van der Waals surface area contributed by atoms with Crippen LogP contribution in [-0.4, -0.2) is 28.8 Å². The zero-order valence-electron chi connectivity index (χ0n) is 11.3. The highest BCUT2D eigenvalue weighted by atomic mass is 19.1. The maximum absolute atomic E-state index is 13.4. The summed E-state index contributed by atoms with van der Waals surface area (Å²) in [5.74, 6) is -1.90. The minimum atomic E-state index is -1.00. The van der Waals surface area contributed by atoms with E-state index in [1.807, 2.05) is 0 Å². The SMILES string of the molecule is Cc1cc(C(=O)NC[C@@H](O)Cc2ccc(F)cc2F)on1. The zero-order valence-corrected chi connectivity index (χ0v) is 11.3. The van der Waals surface area contributed by atoms with Crippen molar-refractivity contribution >= 4 is 5.91 Å². The van der Waals surface area contributed by atoms with Crippen LogP contribution < -0.4 is 5.32 Å². The number of rotatable bonds is 5. The van der Waals surface area contributed by atoms with Gasteiger partial charge in [0, 0.05) is 25.1 Å². The van der Waals surface area contributed by atoms with Crippen LogP contribution in [0.2, 0.25) is 0 Å². The van der Waals surface area contributed by atoms with Gasteiger partial charge < -0.3 is 14.9 Å². The first kappa shape index (κ1) is 15.1. The number of hydrogen-bond donors (Lipinski definition) is 2. The molecule has 0 fully saturated rings. The van der Waals surface area contributed by atoms with Crippen LogP contribution >= 0.6 is 0 Å². The van der Waals surface area contributed by atoms with E-state index in [0.29, 0.717) is 5.69 Å². The molecular formula is C14H14F2N2O3. The number of nitrogens with zero attached hydrogens (tertiary/aromatic N) is 1. The molecule has 112 valence electrons. The lowest BCUT2D eigenvalue weighted by Gasteiger charge is -2.11. The Hall–Kier alpha value is -2.28. The molecule has 2 N–H and O–H groups in total. The molecule has 0 aliphatic carbocycles. The van der Waals surface area contributed by atoms with Crippen molar-refractivity contribution in [3.05, 3.63) is 52.9 Å². The van der Waals surface area contributed by atoms with Gasteiger partial charge in [0.1, 0.15) is 11.6 Å². The number of amides is 1. The van der Waals surface area contributed by atoms with E-state index in [0.717, 1.165) is 12.1 Å². The van der Waals surface area contributed by atoms with Gasteiger partial charge in [0.05, 0.1) is 11.8 Å². The van der Waals surface area contributed by atoms with Crippen molar-refractivity contribution in [3.63, 3.8) is 0 Å². The van der Waals surface area contributed by atoms with E-state index in [1.165, 1.54) is 12.1 Å². The highest BCUT2D eigenvalue weighted by Gasteiger charge is 2.15. The molecule has 0 bridgehead atoms. The maximum atomic E-state index is 13.4. The number of aromatic nitrogens is 1. The molecule has 0 aliphatic heterocycles. The molecule has 1 aromatic carbocycles. The second kappa shape index (κ2) is 6.45. The first-order chi connectivity index (χ1) is 9.95. The Kier molecular flexibility index (Phi) is 4.64. The summed E-state index contributed by atoms with van der Waals surface area (Å²) in [5, 5.41) is 15.8. The van der Waals surface area contributed by atoms with E-state index in [4.69, 9.17) is 4.52 Å². The third kappa shape index (κ3) is 4.09. The minimum absolute atomic E-state index is 0.0349. The van der Waals surface area contributed by atoms with Crippen LogP contribution in [-0.2, 0) is 6.42 Å². The number of benzene rings is 1. The second-order valence-corrected chi connectivity index (χ2v) is 4.64. The Balaban J connectivity index is 1.87. The van der Waals surface area contributed by atoms with Crippen LogP contribution in [0.1, 0.15) is 21.8 Å². The summed E-state index contributed by atoms with van der Waals surface area (Å²) < 4.78 is 30.9. The van der Waals surface area contributed by atoms with Crippen molar-refractivity contribution in [1.82, 2.24) is 10.5 Å². The van der Waals surface area contributed by atoms with Gasteiger partial charge in [-0.2, -0.15) is 0 Å². The Labute approximate surface area is 119 Å². The summed E-state index contributed by atoms with van der Waals surface area (Å²) in [6, 6.07) is 4.58. The summed E-state index contributed by atoms with van der Waals surface area (Å²) >= 11 is 0. The fraction of sp³-hybridized carbons (Fsp3) is 0.286. The molecule has 0 unspecified atom stereocenters. The number of carbonyl (C=O) groups excluding carboxylic acids is 1. The van der Waals surface area contributed by atoms with Crippen LogP contribution in [0.15, 0.2) is 28.8 Å². The summed E-state index contributed by atoms with van der Waals surface area (Å²) in [4.78, 5) is 11.6. The Bertz CT molecular complexity index is 643. The molecular weight excluding hydrogens is 282 g/mol. The normalized spacial score (nSPS) is 12.2. The average Bonchev–Trinajstić information content (AvgIpc) is 2.86. The van der Waals surface area contributed by atoms with E-state index in [2.05, 4.69) is 10.5 Å². The molecule has 21 heavy (non-hydrogen) atoms.